The Labute approximate surface area is 215 Å². The fraction of sp³-hybridized carbons (Fsp3) is 0.429. The Hall–Kier alpha value is -3.49. The molecule has 1 aliphatic carbocycles. The van der Waals surface area contributed by atoms with Crippen LogP contribution < -0.4 is 19.9 Å². The number of pyridine rings is 2. The fourth-order valence-electron chi connectivity index (χ4n) is 4.98. The second kappa shape index (κ2) is 10.9. The van der Waals surface area contributed by atoms with Crippen molar-refractivity contribution in [2.24, 2.45) is 0 Å². The minimum Gasteiger partial charge on any atom is -0.474 e. The summed E-state index contributed by atoms with van der Waals surface area (Å²) >= 11 is 0. The highest BCUT2D eigenvalue weighted by Crippen LogP contribution is 2.30. The van der Waals surface area contributed by atoms with E-state index in [2.05, 4.69) is 51.4 Å². The number of aryl methyl sites for hydroxylation is 1. The molecule has 196 valence electrons. The minimum atomic E-state index is -4.37. The molecule has 37 heavy (non-hydrogen) atoms. The first-order valence-corrected chi connectivity index (χ1v) is 12.8. The van der Waals surface area contributed by atoms with E-state index in [1.165, 1.54) is 17.3 Å². The highest BCUT2D eigenvalue weighted by atomic mass is 19.4. The molecule has 2 fully saturated rings. The molecular formula is C28H32F3N5O. The number of aromatic nitrogens is 2. The van der Waals surface area contributed by atoms with Gasteiger partial charge in [-0.1, -0.05) is 17.7 Å². The van der Waals surface area contributed by atoms with Gasteiger partial charge in [-0.05, 0) is 62.9 Å². The molecule has 1 saturated heterocycles. The molecule has 0 bridgehead atoms. The number of piperazine rings is 1. The van der Waals surface area contributed by atoms with E-state index in [1.54, 1.807) is 6.20 Å². The largest absolute Gasteiger partial charge is 0.474 e. The van der Waals surface area contributed by atoms with Crippen molar-refractivity contribution in [2.75, 3.05) is 41.3 Å². The first-order chi connectivity index (χ1) is 17.8. The molecule has 1 aromatic carbocycles. The maximum atomic E-state index is 12.8. The van der Waals surface area contributed by atoms with Crippen molar-refractivity contribution in [3.05, 3.63) is 72.1 Å². The van der Waals surface area contributed by atoms with Crippen molar-refractivity contribution in [3.63, 3.8) is 0 Å². The Kier molecular flexibility index (Phi) is 7.39. The van der Waals surface area contributed by atoms with Gasteiger partial charge in [0, 0.05) is 62.1 Å². The van der Waals surface area contributed by atoms with Crippen molar-refractivity contribution < 1.29 is 17.9 Å². The molecule has 0 spiro atoms. The monoisotopic (exact) mass is 511 g/mol. The van der Waals surface area contributed by atoms with E-state index in [-0.39, 0.29) is 6.10 Å². The lowest BCUT2D eigenvalue weighted by Gasteiger charge is -2.37. The quantitative estimate of drug-likeness (QED) is 0.443. The number of halogens is 3. The van der Waals surface area contributed by atoms with E-state index in [0.717, 1.165) is 56.7 Å². The number of anilines is 3. The number of alkyl halides is 3. The van der Waals surface area contributed by atoms with Crippen LogP contribution in [0, 0.1) is 6.92 Å². The van der Waals surface area contributed by atoms with Gasteiger partial charge in [0.05, 0.1) is 5.56 Å². The Morgan fingerprint density at radius 2 is 1.57 bits per heavy atom. The number of nitrogens with zero attached hydrogens (tertiary/aromatic N) is 4. The van der Waals surface area contributed by atoms with E-state index in [9.17, 15) is 13.2 Å². The summed E-state index contributed by atoms with van der Waals surface area (Å²) in [6.07, 6.45) is 2.53. The first kappa shape index (κ1) is 25.2. The third kappa shape index (κ3) is 6.45. The summed E-state index contributed by atoms with van der Waals surface area (Å²) in [7, 11) is 0. The number of hydrogen-bond acceptors (Lipinski definition) is 6. The van der Waals surface area contributed by atoms with Crippen molar-refractivity contribution in [2.45, 2.75) is 50.9 Å². The fourth-order valence-corrected chi connectivity index (χ4v) is 4.98. The summed E-state index contributed by atoms with van der Waals surface area (Å²) in [5.74, 6) is 1.21. The third-order valence-electron chi connectivity index (χ3n) is 7.15. The number of rotatable bonds is 6. The van der Waals surface area contributed by atoms with E-state index in [0.29, 0.717) is 30.8 Å². The van der Waals surface area contributed by atoms with Gasteiger partial charge in [0.2, 0.25) is 5.88 Å². The van der Waals surface area contributed by atoms with Gasteiger partial charge < -0.3 is 19.9 Å². The second-order valence-electron chi connectivity index (χ2n) is 9.83. The highest BCUT2D eigenvalue weighted by molar-refractivity contribution is 5.51. The normalized spacial score (nSPS) is 20.5. The van der Waals surface area contributed by atoms with Crippen LogP contribution >= 0.6 is 0 Å². The summed E-state index contributed by atoms with van der Waals surface area (Å²) < 4.78 is 44.7. The van der Waals surface area contributed by atoms with Crippen LogP contribution in [-0.4, -0.2) is 48.3 Å². The highest BCUT2D eigenvalue weighted by Gasteiger charge is 2.31. The van der Waals surface area contributed by atoms with E-state index >= 15 is 0 Å². The van der Waals surface area contributed by atoms with Crippen LogP contribution in [0.5, 0.6) is 5.88 Å². The molecule has 2 aromatic heterocycles. The second-order valence-corrected chi connectivity index (χ2v) is 9.83. The topological polar surface area (TPSA) is 53.5 Å². The van der Waals surface area contributed by atoms with Crippen LogP contribution in [0.15, 0.2) is 60.9 Å². The van der Waals surface area contributed by atoms with Gasteiger partial charge in [-0.25, -0.2) is 9.97 Å². The molecule has 2 aliphatic rings. The zero-order chi connectivity index (χ0) is 25.8. The predicted octanol–water partition coefficient (Wildman–Crippen LogP) is 5.93. The minimum absolute atomic E-state index is 0.154. The average Bonchev–Trinajstić information content (AvgIpc) is 2.91. The summed E-state index contributed by atoms with van der Waals surface area (Å²) in [6, 6.07) is 15.5. The summed E-state index contributed by atoms with van der Waals surface area (Å²) in [4.78, 5) is 12.7. The number of benzene rings is 1. The molecule has 0 radical (unpaired) electrons. The summed E-state index contributed by atoms with van der Waals surface area (Å²) in [5.41, 5.74) is 2.74. The molecule has 5 rings (SSSR count). The van der Waals surface area contributed by atoms with Crippen LogP contribution in [0.2, 0.25) is 0 Å². The SMILES string of the molecule is Cc1ccc(NC2CCC(Oc3cc(N4CCN(c5ccc(C(F)(F)F)cn5)CC4)ccn3)CC2)cc1. The van der Waals surface area contributed by atoms with Gasteiger partial charge in [0.25, 0.3) is 0 Å². The summed E-state index contributed by atoms with van der Waals surface area (Å²) in [5, 5.41) is 3.63. The first-order valence-electron chi connectivity index (χ1n) is 12.8. The Morgan fingerprint density at radius 3 is 2.22 bits per heavy atom. The predicted molar refractivity (Wildman–Crippen MR) is 139 cm³/mol. The standard InChI is InChI=1S/C28H32F3N5O/c1-20-2-5-22(6-3-20)34-23-7-9-25(10-8-23)37-27-18-24(12-13-32-27)35-14-16-36(17-15-35)26-11-4-21(19-33-26)28(29,30)31/h2-6,11-13,18-19,23,25,34H,7-10,14-17H2,1H3. The zero-order valence-corrected chi connectivity index (χ0v) is 20.9. The molecule has 9 heteroatoms. The third-order valence-corrected chi connectivity index (χ3v) is 7.15. The lowest BCUT2D eigenvalue weighted by atomic mass is 9.92. The van der Waals surface area contributed by atoms with Crippen molar-refractivity contribution in [3.8, 4) is 5.88 Å². The van der Waals surface area contributed by atoms with Gasteiger partial charge in [-0.2, -0.15) is 13.2 Å². The van der Waals surface area contributed by atoms with Crippen LogP contribution in [-0.2, 0) is 6.18 Å². The Bertz CT molecular complexity index is 1150. The van der Waals surface area contributed by atoms with Gasteiger partial charge >= 0.3 is 6.18 Å². The smallest absolute Gasteiger partial charge is 0.417 e. The maximum absolute atomic E-state index is 12.8. The molecule has 1 saturated carbocycles. The lowest BCUT2D eigenvalue weighted by Crippen LogP contribution is -2.46. The van der Waals surface area contributed by atoms with E-state index < -0.39 is 11.7 Å². The van der Waals surface area contributed by atoms with E-state index in [1.807, 2.05) is 17.0 Å². The molecule has 0 atom stereocenters. The van der Waals surface area contributed by atoms with Gasteiger partial charge in [-0.15, -0.1) is 0 Å². The molecule has 3 aromatic rings. The van der Waals surface area contributed by atoms with E-state index in [4.69, 9.17) is 4.74 Å². The van der Waals surface area contributed by atoms with Crippen LogP contribution in [0.3, 0.4) is 0 Å². The maximum Gasteiger partial charge on any atom is 0.417 e. The van der Waals surface area contributed by atoms with Crippen LogP contribution in [0.1, 0.15) is 36.8 Å². The van der Waals surface area contributed by atoms with Crippen LogP contribution in [0.25, 0.3) is 0 Å². The van der Waals surface area contributed by atoms with Gasteiger partial charge in [-0.3, -0.25) is 0 Å². The van der Waals surface area contributed by atoms with Crippen molar-refractivity contribution >= 4 is 17.2 Å². The molecule has 3 heterocycles. The number of hydrogen-bond donors (Lipinski definition) is 1. The molecule has 1 N–H and O–H groups in total. The summed E-state index contributed by atoms with van der Waals surface area (Å²) in [6.45, 7) is 4.92. The average molecular weight is 512 g/mol. The molecular weight excluding hydrogens is 479 g/mol. The Balaban J connectivity index is 1.10. The number of nitrogens with one attached hydrogen (secondary N) is 1. The molecule has 0 unspecified atom stereocenters. The lowest BCUT2D eigenvalue weighted by molar-refractivity contribution is -0.137. The van der Waals surface area contributed by atoms with Crippen molar-refractivity contribution in [1.82, 2.24) is 9.97 Å². The molecule has 1 aliphatic heterocycles. The van der Waals surface area contributed by atoms with Gasteiger partial charge in [0.15, 0.2) is 0 Å². The molecule has 0 amide bonds. The Morgan fingerprint density at radius 1 is 0.865 bits per heavy atom. The van der Waals surface area contributed by atoms with Crippen LogP contribution in [0.4, 0.5) is 30.4 Å². The zero-order valence-electron chi connectivity index (χ0n) is 20.9. The van der Waals surface area contributed by atoms with Crippen molar-refractivity contribution in [1.29, 1.82) is 0 Å². The van der Waals surface area contributed by atoms with Gasteiger partial charge in [0.1, 0.15) is 11.9 Å². The molecule has 6 nitrogen and oxygen atoms in total. The number of ether oxygens (including phenoxy) is 1.